The molecule has 3 heteroatoms. The van der Waals surface area contributed by atoms with Crippen LogP contribution >= 0.6 is 0 Å². The first-order valence-corrected chi connectivity index (χ1v) is 7.50. The fourth-order valence-corrected chi connectivity index (χ4v) is 3.51. The van der Waals surface area contributed by atoms with Gasteiger partial charge in [0.2, 0.25) is 5.91 Å². The number of piperidine rings is 1. The van der Waals surface area contributed by atoms with Crippen LogP contribution in [0.1, 0.15) is 39.7 Å². The number of hydrogen-bond donors (Lipinski definition) is 0. The molecule has 3 saturated heterocycles. The van der Waals surface area contributed by atoms with Crippen LogP contribution in [0.15, 0.2) is 24.3 Å². The Morgan fingerprint density at radius 3 is 2.10 bits per heavy atom. The summed E-state index contributed by atoms with van der Waals surface area (Å²) in [5.41, 5.74) is 2.86. The van der Waals surface area contributed by atoms with Gasteiger partial charge in [0.1, 0.15) is 0 Å². The maximum absolute atomic E-state index is 11.5. The SMILES string of the molecule is CC(=O)N1C2CC1CN(c1ccc(C(C)(C)C)cc1)C2. The minimum Gasteiger partial charge on any atom is -0.367 e. The molecule has 3 aliphatic heterocycles. The lowest BCUT2D eigenvalue weighted by molar-refractivity contribution is -0.143. The first-order chi connectivity index (χ1) is 9.36. The Kier molecular flexibility index (Phi) is 3.03. The standard InChI is InChI=1S/C17H24N2O/c1-12(20)19-15-9-16(19)11-18(10-15)14-7-5-13(6-8-14)17(2,3)4/h5-8,15-16H,9-11H2,1-4H3. The van der Waals surface area contributed by atoms with Crippen molar-refractivity contribution < 1.29 is 4.79 Å². The van der Waals surface area contributed by atoms with Gasteiger partial charge >= 0.3 is 0 Å². The second kappa shape index (κ2) is 4.51. The molecule has 2 unspecified atom stereocenters. The van der Waals surface area contributed by atoms with Crippen molar-refractivity contribution in [2.45, 2.75) is 51.6 Å². The Labute approximate surface area is 121 Å². The highest BCUT2D eigenvalue weighted by Gasteiger charge is 2.45. The van der Waals surface area contributed by atoms with Gasteiger partial charge in [-0.2, -0.15) is 0 Å². The van der Waals surface area contributed by atoms with Crippen molar-refractivity contribution in [3.8, 4) is 0 Å². The van der Waals surface area contributed by atoms with E-state index in [0.717, 1.165) is 13.1 Å². The minimum absolute atomic E-state index is 0.202. The molecule has 3 nitrogen and oxygen atoms in total. The van der Waals surface area contributed by atoms with Crippen molar-refractivity contribution >= 4 is 11.6 Å². The van der Waals surface area contributed by atoms with E-state index in [2.05, 4.69) is 54.8 Å². The molecule has 0 spiro atoms. The molecular weight excluding hydrogens is 248 g/mol. The second-order valence-corrected chi connectivity index (χ2v) is 7.17. The highest BCUT2D eigenvalue weighted by Crippen LogP contribution is 2.35. The lowest BCUT2D eigenvalue weighted by Gasteiger charge is -2.56. The van der Waals surface area contributed by atoms with Crippen LogP contribution in [0.2, 0.25) is 0 Å². The van der Waals surface area contributed by atoms with E-state index >= 15 is 0 Å². The van der Waals surface area contributed by atoms with Crippen LogP contribution in [0.4, 0.5) is 5.69 Å². The van der Waals surface area contributed by atoms with E-state index in [0.29, 0.717) is 12.1 Å². The highest BCUT2D eigenvalue weighted by molar-refractivity contribution is 5.75. The summed E-state index contributed by atoms with van der Waals surface area (Å²) < 4.78 is 0. The molecule has 4 rings (SSSR count). The van der Waals surface area contributed by atoms with Gasteiger partial charge in [0, 0.05) is 25.7 Å². The third kappa shape index (κ3) is 2.19. The molecule has 0 N–H and O–H groups in total. The molecule has 1 aromatic carbocycles. The molecule has 1 aromatic rings. The summed E-state index contributed by atoms with van der Waals surface area (Å²) in [6.45, 7) is 10.4. The second-order valence-electron chi connectivity index (χ2n) is 7.17. The number of nitrogens with zero attached hydrogens (tertiary/aromatic N) is 2. The van der Waals surface area contributed by atoms with Crippen molar-refractivity contribution in [3.05, 3.63) is 29.8 Å². The summed E-state index contributed by atoms with van der Waals surface area (Å²) in [5.74, 6) is 0.231. The molecule has 3 fully saturated rings. The van der Waals surface area contributed by atoms with Crippen molar-refractivity contribution in [1.82, 2.24) is 4.90 Å². The molecule has 2 bridgehead atoms. The summed E-state index contributed by atoms with van der Waals surface area (Å²) in [6, 6.07) is 9.77. The molecule has 108 valence electrons. The molecule has 0 saturated carbocycles. The van der Waals surface area contributed by atoms with Crippen molar-refractivity contribution in [2.75, 3.05) is 18.0 Å². The van der Waals surface area contributed by atoms with E-state index in [1.54, 1.807) is 6.92 Å². The van der Waals surface area contributed by atoms with Crippen LogP contribution < -0.4 is 4.90 Å². The van der Waals surface area contributed by atoms with Gasteiger partial charge in [-0.1, -0.05) is 32.9 Å². The third-order valence-corrected chi connectivity index (χ3v) is 4.66. The molecule has 3 aliphatic rings. The fourth-order valence-electron chi connectivity index (χ4n) is 3.51. The van der Waals surface area contributed by atoms with Gasteiger partial charge in [0.15, 0.2) is 0 Å². The zero-order valence-corrected chi connectivity index (χ0v) is 12.9. The van der Waals surface area contributed by atoms with Crippen LogP contribution in [0.5, 0.6) is 0 Å². The maximum Gasteiger partial charge on any atom is 0.220 e. The van der Waals surface area contributed by atoms with Gasteiger partial charge in [-0.15, -0.1) is 0 Å². The van der Waals surface area contributed by atoms with Gasteiger partial charge in [-0.3, -0.25) is 4.79 Å². The summed E-state index contributed by atoms with van der Waals surface area (Å²) >= 11 is 0. The van der Waals surface area contributed by atoms with E-state index in [4.69, 9.17) is 0 Å². The normalized spacial score (nSPS) is 25.4. The van der Waals surface area contributed by atoms with Crippen LogP contribution in [0, 0.1) is 0 Å². The average Bonchev–Trinajstić information content (AvgIpc) is 2.37. The Morgan fingerprint density at radius 2 is 1.65 bits per heavy atom. The highest BCUT2D eigenvalue weighted by atomic mass is 16.2. The molecule has 2 atom stereocenters. The molecule has 0 aromatic heterocycles. The predicted octanol–water partition coefficient (Wildman–Crippen LogP) is 2.79. The molecule has 1 amide bonds. The maximum atomic E-state index is 11.5. The van der Waals surface area contributed by atoms with E-state index in [9.17, 15) is 4.79 Å². The summed E-state index contributed by atoms with van der Waals surface area (Å²) in [5, 5.41) is 0. The molecule has 0 radical (unpaired) electrons. The number of anilines is 1. The zero-order chi connectivity index (χ0) is 14.5. The predicted molar refractivity (Wildman–Crippen MR) is 82.1 cm³/mol. The zero-order valence-electron chi connectivity index (χ0n) is 12.9. The summed E-state index contributed by atoms with van der Waals surface area (Å²) in [6.07, 6.45) is 1.18. The van der Waals surface area contributed by atoms with E-state index in [-0.39, 0.29) is 11.3 Å². The molecule has 0 aliphatic carbocycles. The van der Waals surface area contributed by atoms with Gasteiger partial charge < -0.3 is 9.80 Å². The fraction of sp³-hybridized carbons (Fsp3) is 0.588. The topological polar surface area (TPSA) is 23.6 Å². The minimum atomic E-state index is 0.202. The largest absolute Gasteiger partial charge is 0.367 e. The smallest absolute Gasteiger partial charge is 0.220 e. The quantitative estimate of drug-likeness (QED) is 0.785. The third-order valence-electron chi connectivity index (χ3n) is 4.66. The van der Waals surface area contributed by atoms with Crippen LogP contribution in [0.25, 0.3) is 0 Å². The van der Waals surface area contributed by atoms with E-state index in [1.165, 1.54) is 17.7 Å². The van der Waals surface area contributed by atoms with Crippen LogP contribution in [0.3, 0.4) is 0 Å². The molecule has 20 heavy (non-hydrogen) atoms. The van der Waals surface area contributed by atoms with Crippen LogP contribution in [-0.4, -0.2) is 36.0 Å². The van der Waals surface area contributed by atoms with Gasteiger partial charge in [-0.05, 0) is 29.5 Å². The lowest BCUT2D eigenvalue weighted by atomic mass is 9.85. The Balaban J connectivity index is 1.72. The number of hydrogen-bond acceptors (Lipinski definition) is 2. The van der Waals surface area contributed by atoms with Crippen LogP contribution in [-0.2, 0) is 10.2 Å². The Morgan fingerprint density at radius 1 is 1.10 bits per heavy atom. The molecular formula is C17H24N2O. The van der Waals surface area contributed by atoms with E-state index in [1.807, 2.05) is 0 Å². The summed E-state index contributed by atoms with van der Waals surface area (Å²) in [4.78, 5) is 16.0. The first kappa shape index (κ1) is 13.5. The van der Waals surface area contributed by atoms with Gasteiger partial charge in [-0.25, -0.2) is 0 Å². The van der Waals surface area contributed by atoms with Gasteiger partial charge in [0.05, 0.1) is 12.1 Å². The van der Waals surface area contributed by atoms with Crippen molar-refractivity contribution in [2.24, 2.45) is 0 Å². The monoisotopic (exact) mass is 272 g/mol. The number of carbonyl (C=O) groups is 1. The summed E-state index contributed by atoms with van der Waals surface area (Å²) in [7, 11) is 0. The van der Waals surface area contributed by atoms with Crippen molar-refractivity contribution in [1.29, 1.82) is 0 Å². The first-order valence-electron chi connectivity index (χ1n) is 7.50. The Bertz CT molecular complexity index is 503. The number of fused-ring (bicyclic) bond motifs is 2. The van der Waals surface area contributed by atoms with Gasteiger partial charge in [0.25, 0.3) is 0 Å². The molecule has 3 heterocycles. The number of piperazine rings is 1. The number of amides is 1. The number of rotatable bonds is 1. The van der Waals surface area contributed by atoms with E-state index < -0.39 is 0 Å². The number of carbonyl (C=O) groups excluding carboxylic acids is 1. The lowest BCUT2D eigenvalue weighted by Crippen LogP contribution is -2.69. The average molecular weight is 272 g/mol. The Hall–Kier alpha value is -1.51. The van der Waals surface area contributed by atoms with Crippen molar-refractivity contribution in [3.63, 3.8) is 0 Å². The number of benzene rings is 1.